The number of benzene rings is 1. The van der Waals surface area contributed by atoms with E-state index in [1.54, 1.807) is 6.07 Å². The molecule has 5 nitrogen and oxygen atoms in total. The fraction of sp³-hybridized carbons (Fsp3) is 0.462. The predicted octanol–water partition coefficient (Wildman–Crippen LogP) is 2.76. The van der Waals surface area contributed by atoms with E-state index in [4.69, 9.17) is 5.84 Å². The Balaban J connectivity index is 2.13. The van der Waals surface area contributed by atoms with Crippen LogP contribution in [0.4, 0.5) is 18.9 Å². The van der Waals surface area contributed by atoms with Gasteiger partial charge in [0.05, 0.1) is 11.7 Å². The Morgan fingerprint density at radius 2 is 1.90 bits per heavy atom. The summed E-state index contributed by atoms with van der Waals surface area (Å²) >= 11 is 0. The molecule has 2 rings (SSSR count). The van der Waals surface area contributed by atoms with Crippen LogP contribution in [0.2, 0.25) is 0 Å². The molecule has 0 aliphatic heterocycles. The number of para-hydroxylation sites is 2. The van der Waals surface area contributed by atoms with E-state index < -0.39 is 6.36 Å². The van der Waals surface area contributed by atoms with Crippen LogP contribution in [-0.2, 0) is 0 Å². The number of hydrogen-bond donors (Lipinski definition) is 3. The molecule has 116 valence electrons. The molecule has 21 heavy (non-hydrogen) atoms. The fourth-order valence-electron chi connectivity index (χ4n) is 2.23. The molecular weight excluding hydrogens is 285 g/mol. The molecule has 1 fully saturated rings. The first kappa shape index (κ1) is 15.4. The zero-order chi connectivity index (χ0) is 15.3. The first-order chi connectivity index (χ1) is 9.98. The summed E-state index contributed by atoms with van der Waals surface area (Å²) in [5, 5.41) is 2.74. The highest BCUT2D eigenvalue weighted by Gasteiger charge is 2.32. The average Bonchev–Trinajstić information content (AvgIpc) is 2.91. The second-order valence-electron chi connectivity index (χ2n) is 4.73. The lowest BCUT2D eigenvalue weighted by Crippen LogP contribution is -2.37. The smallest absolute Gasteiger partial charge is 0.404 e. The Morgan fingerprint density at radius 1 is 1.24 bits per heavy atom. The van der Waals surface area contributed by atoms with E-state index in [0.717, 1.165) is 25.7 Å². The maximum Gasteiger partial charge on any atom is 0.573 e. The predicted molar refractivity (Wildman–Crippen MR) is 73.8 cm³/mol. The van der Waals surface area contributed by atoms with Crippen molar-refractivity contribution in [3.8, 4) is 5.75 Å². The highest BCUT2D eigenvalue weighted by atomic mass is 19.4. The summed E-state index contributed by atoms with van der Waals surface area (Å²) in [5.41, 5.74) is 2.51. The van der Waals surface area contributed by atoms with Gasteiger partial charge in [-0.25, -0.2) is 10.8 Å². The summed E-state index contributed by atoms with van der Waals surface area (Å²) in [4.78, 5) is 4.36. The zero-order valence-electron chi connectivity index (χ0n) is 11.3. The third-order valence-corrected chi connectivity index (χ3v) is 3.14. The van der Waals surface area contributed by atoms with Crippen LogP contribution in [0, 0.1) is 0 Å². The molecule has 1 aromatic carbocycles. The van der Waals surface area contributed by atoms with Gasteiger partial charge in [0.15, 0.2) is 5.75 Å². The molecule has 1 aliphatic carbocycles. The first-order valence-corrected chi connectivity index (χ1v) is 6.64. The molecule has 0 saturated heterocycles. The molecule has 0 spiro atoms. The van der Waals surface area contributed by atoms with Crippen LogP contribution in [0.3, 0.4) is 0 Å². The minimum Gasteiger partial charge on any atom is -0.404 e. The van der Waals surface area contributed by atoms with Crippen LogP contribution in [0.15, 0.2) is 29.3 Å². The summed E-state index contributed by atoms with van der Waals surface area (Å²) in [6.45, 7) is 0. The number of guanidine groups is 1. The highest BCUT2D eigenvalue weighted by molar-refractivity contribution is 5.94. The van der Waals surface area contributed by atoms with Gasteiger partial charge in [0.1, 0.15) is 0 Å². The Kier molecular flexibility index (Phi) is 4.89. The minimum absolute atomic E-state index is 0.138. The zero-order valence-corrected chi connectivity index (χ0v) is 11.3. The number of hydrogen-bond acceptors (Lipinski definition) is 3. The molecule has 1 aliphatic rings. The number of nitrogens with zero attached hydrogens (tertiary/aromatic N) is 1. The second-order valence-corrected chi connectivity index (χ2v) is 4.73. The van der Waals surface area contributed by atoms with Crippen molar-refractivity contribution in [2.45, 2.75) is 38.1 Å². The lowest BCUT2D eigenvalue weighted by atomic mass is 10.3. The van der Waals surface area contributed by atoms with Gasteiger partial charge in [-0.15, -0.1) is 13.2 Å². The topological polar surface area (TPSA) is 71.7 Å². The van der Waals surface area contributed by atoms with Crippen LogP contribution in [0.25, 0.3) is 0 Å². The van der Waals surface area contributed by atoms with Crippen molar-refractivity contribution in [3.63, 3.8) is 0 Å². The molecule has 4 N–H and O–H groups in total. The number of aliphatic imine (C=N–C) groups is 1. The van der Waals surface area contributed by atoms with E-state index in [-0.39, 0.29) is 23.4 Å². The van der Waals surface area contributed by atoms with E-state index in [0.29, 0.717) is 0 Å². The maximum atomic E-state index is 12.3. The molecule has 0 atom stereocenters. The molecule has 1 saturated carbocycles. The summed E-state index contributed by atoms with van der Waals surface area (Å²) in [7, 11) is 0. The van der Waals surface area contributed by atoms with Crippen molar-refractivity contribution in [2.24, 2.45) is 10.8 Å². The molecule has 1 aromatic rings. The Morgan fingerprint density at radius 3 is 2.52 bits per heavy atom. The molecule has 0 aromatic heterocycles. The lowest BCUT2D eigenvalue weighted by molar-refractivity contribution is -0.274. The van der Waals surface area contributed by atoms with Crippen molar-refractivity contribution in [3.05, 3.63) is 24.3 Å². The normalized spacial score (nSPS) is 16.9. The van der Waals surface area contributed by atoms with Crippen LogP contribution < -0.4 is 21.3 Å². The number of alkyl halides is 3. The van der Waals surface area contributed by atoms with Gasteiger partial charge in [-0.3, -0.25) is 5.43 Å². The Bertz CT molecular complexity index is 498. The average molecular weight is 302 g/mol. The van der Waals surface area contributed by atoms with Crippen LogP contribution in [0.1, 0.15) is 25.7 Å². The van der Waals surface area contributed by atoms with Gasteiger partial charge >= 0.3 is 6.36 Å². The number of nitrogens with one attached hydrogen (secondary N) is 2. The molecule has 0 unspecified atom stereocenters. The number of halogens is 3. The molecular formula is C13H17F3N4O. The van der Waals surface area contributed by atoms with Gasteiger partial charge in [0.25, 0.3) is 0 Å². The summed E-state index contributed by atoms with van der Waals surface area (Å²) in [6.07, 6.45) is -0.655. The third-order valence-electron chi connectivity index (χ3n) is 3.14. The van der Waals surface area contributed by atoms with E-state index >= 15 is 0 Å². The highest BCUT2D eigenvalue weighted by Crippen LogP contribution is 2.30. The molecule has 0 radical (unpaired) electrons. The summed E-state index contributed by atoms with van der Waals surface area (Å²) in [6, 6.07) is 5.87. The van der Waals surface area contributed by atoms with Gasteiger partial charge in [-0.05, 0) is 25.0 Å². The van der Waals surface area contributed by atoms with E-state index in [1.807, 2.05) is 0 Å². The van der Waals surface area contributed by atoms with E-state index in [1.165, 1.54) is 18.2 Å². The molecule has 8 heteroatoms. The van der Waals surface area contributed by atoms with Crippen molar-refractivity contribution < 1.29 is 17.9 Å². The van der Waals surface area contributed by atoms with Crippen LogP contribution >= 0.6 is 0 Å². The molecule has 0 amide bonds. The van der Waals surface area contributed by atoms with Gasteiger partial charge in [-0.2, -0.15) is 0 Å². The van der Waals surface area contributed by atoms with Gasteiger partial charge in [0, 0.05) is 0 Å². The summed E-state index contributed by atoms with van der Waals surface area (Å²) in [5.74, 6) is 5.26. The second kappa shape index (κ2) is 6.66. The van der Waals surface area contributed by atoms with Crippen molar-refractivity contribution in [2.75, 3.05) is 5.32 Å². The lowest BCUT2D eigenvalue weighted by Gasteiger charge is -2.16. The van der Waals surface area contributed by atoms with Crippen molar-refractivity contribution in [1.29, 1.82) is 0 Å². The Hall–Kier alpha value is -1.96. The first-order valence-electron chi connectivity index (χ1n) is 6.64. The van der Waals surface area contributed by atoms with Gasteiger partial charge in [0.2, 0.25) is 5.96 Å². The van der Waals surface area contributed by atoms with Gasteiger partial charge < -0.3 is 10.1 Å². The monoisotopic (exact) mass is 302 g/mol. The number of rotatable bonds is 3. The fourth-order valence-corrected chi connectivity index (χ4v) is 2.23. The number of anilines is 1. The molecule has 0 bridgehead atoms. The quantitative estimate of drug-likeness (QED) is 0.347. The molecule has 0 heterocycles. The van der Waals surface area contributed by atoms with Crippen molar-refractivity contribution in [1.82, 2.24) is 5.43 Å². The Labute approximate surface area is 120 Å². The largest absolute Gasteiger partial charge is 0.573 e. The number of hydrazine groups is 1. The van der Waals surface area contributed by atoms with E-state index in [2.05, 4.69) is 20.5 Å². The van der Waals surface area contributed by atoms with Crippen LogP contribution in [-0.4, -0.2) is 18.4 Å². The van der Waals surface area contributed by atoms with Crippen molar-refractivity contribution >= 4 is 11.6 Å². The summed E-state index contributed by atoms with van der Waals surface area (Å²) < 4.78 is 41.0. The number of ether oxygens (including phenoxy) is 1. The standard InChI is InChI=1S/C13H17F3N4O/c14-13(15,16)21-11-8-4-3-7-10(11)19-12(20-17)18-9-5-1-2-6-9/h3-4,7-9H,1-2,5-6,17H2,(H2,18,19,20). The number of nitrogens with two attached hydrogens (primary N) is 1. The third kappa shape index (κ3) is 4.82. The van der Waals surface area contributed by atoms with Crippen LogP contribution in [0.5, 0.6) is 5.75 Å². The van der Waals surface area contributed by atoms with Gasteiger partial charge in [-0.1, -0.05) is 25.0 Å². The SMILES string of the molecule is NNC(=NC1CCCC1)Nc1ccccc1OC(F)(F)F. The van der Waals surface area contributed by atoms with E-state index in [9.17, 15) is 13.2 Å². The minimum atomic E-state index is -4.75. The maximum absolute atomic E-state index is 12.3.